The fourth-order valence-corrected chi connectivity index (χ4v) is 1.99. The summed E-state index contributed by atoms with van der Waals surface area (Å²) in [5.41, 5.74) is 2.15. The van der Waals surface area contributed by atoms with Crippen molar-refractivity contribution >= 4 is 24.6 Å². The highest BCUT2D eigenvalue weighted by molar-refractivity contribution is 5.85. The van der Waals surface area contributed by atoms with Crippen molar-refractivity contribution in [1.29, 1.82) is 0 Å². The number of pyridine rings is 1. The Labute approximate surface area is 125 Å². The van der Waals surface area contributed by atoms with Crippen LogP contribution in [0.4, 0.5) is 0 Å². The largest absolute Gasteiger partial charge is 0.507 e. The predicted octanol–water partition coefficient (Wildman–Crippen LogP) is 4.21. The molecule has 1 aromatic carbocycles. The molecule has 0 aliphatic carbocycles. The number of phenolic OH excluding ortho intramolecular Hbond substituents is 2. The fraction of sp³-hybridized carbons (Fsp3) is 0.188. The Kier molecular flexibility index (Phi) is 5.59. The molecule has 3 nitrogen and oxygen atoms in total. The smallest absolute Gasteiger partial charge is 0.123 e. The second kappa shape index (κ2) is 6.96. The standard InChI is InChI=1S/C16H17NO2.ClH/c1-11(2)16-14(18)9-12(10-15(16)19)6-7-13-5-3-4-8-17-13;/h3-11,18-19H,1-2H3;1H/b7-6+;. The summed E-state index contributed by atoms with van der Waals surface area (Å²) >= 11 is 0. The number of hydrogen-bond donors (Lipinski definition) is 2. The number of benzene rings is 1. The third kappa shape index (κ3) is 3.75. The maximum atomic E-state index is 9.93. The molecule has 4 heteroatoms. The summed E-state index contributed by atoms with van der Waals surface area (Å²) in [5.74, 6) is 0.320. The molecule has 0 unspecified atom stereocenters. The predicted molar refractivity (Wildman–Crippen MR) is 84.3 cm³/mol. The van der Waals surface area contributed by atoms with Crippen LogP contribution < -0.4 is 0 Å². The number of rotatable bonds is 3. The molecule has 0 bridgehead atoms. The van der Waals surface area contributed by atoms with Gasteiger partial charge in [0.1, 0.15) is 11.5 Å². The first-order chi connectivity index (χ1) is 9.08. The molecule has 0 amide bonds. The Hall–Kier alpha value is -2.00. The van der Waals surface area contributed by atoms with E-state index >= 15 is 0 Å². The average Bonchev–Trinajstić information content (AvgIpc) is 2.36. The van der Waals surface area contributed by atoms with Crippen LogP contribution >= 0.6 is 12.4 Å². The second-order valence-corrected chi connectivity index (χ2v) is 4.72. The zero-order chi connectivity index (χ0) is 13.8. The second-order valence-electron chi connectivity index (χ2n) is 4.72. The number of nitrogens with zero attached hydrogens (tertiary/aromatic N) is 1. The molecule has 0 saturated heterocycles. The summed E-state index contributed by atoms with van der Waals surface area (Å²) < 4.78 is 0. The van der Waals surface area contributed by atoms with E-state index in [1.54, 1.807) is 18.3 Å². The van der Waals surface area contributed by atoms with Crippen LogP contribution in [0.1, 0.15) is 36.6 Å². The fourth-order valence-electron chi connectivity index (χ4n) is 1.99. The van der Waals surface area contributed by atoms with Gasteiger partial charge in [-0.15, -0.1) is 12.4 Å². The highest BCUT2D eigenvalue weighted by Crippen LogP contribution is 2.35. The Bertz CT molecular complexity index is 572. The van der Waals surface area contributed by atoms with Crippen LogP contribution in [0.5, 0.6) is 11.5 Å². The van der Waals surface area contributed by atoms with Crippen molar-refractivity contribution in [2.45, 2.75) is 19.8 Å². The normalized spacial score (nSPS) is 10.8. The summed E-state index contributed by atoms with van der Waals surface area (Å²) in [6, 6.07) is 8.94. The molecule has 0 fully saturated rings. The van der Waals surface area contributed by atoms with E-state index in [9.17, 15) is 10.2 Å². The number of aromatic nitrogens is 1. The Morgan fingerprint density at radius 2 is 1.70 bits per heavy atom. The van der Waals surface area contributed by atoms with E-state index in [1.807, 2.05) is 44.2 Å². The highest BCUT2D eigenvalue weighted by atomic mass is 35.5. The lowest BCUT2D eigenvalue weighted by Crippen LogP contribution is -1.90. The van der Waals surface area contributed by atoms with Gasteiger partial charge in [-0.3, -0.25) is 4.98 Å². The van der Waals surface area contributed by atoms with Crippen molar-refractivity contribution < 1.29 is 10.2 Å². The minimum atomic E-state index is 0. The van der Waals surface area contributed by atoms with E-state index in [0.29, 0.717) is 5.56 Å². The topological polar surface area (TPSA) is 53.4 Å². The Morgan fingerprint density at radius 3 is 2.20 bits per heavy atom. The third-order valence-electron chi connectivity index (χ3n) is 2.87. The van der Waals surface area contributed by atoms with Crippen molar-refractivity contribution in [3.05, 3.63) is 53.3 Å². The number of hydrogen-bond acceptors (Lipinski definition) is 3. The van der Waals surface area contributed by atoms with E-state index < -0.39 is 0 Å². The molecule has 0 radical (unpaired) electrons. The third-order valence-corrected chi connectivity index (χ3v) is 2.87. The maximum absolute atomic E-state index is 9.93. The summed E-state index contributed by atoms with van der Waals surface area (Å²) in [4.78, 5) is 4.17. The SMILES string of the molecule is CC(C)c1c(O)cc(/C=C/c2ccccn2)cc1O.Cl. The molecule has 1 heterocycles. The van der Waals surface area contributed by atoms with Gasteiger partial charge in [0.2, 0.25) is 0 Å². The zero-order valence-electron chi connectivity index (χ0n) is 11.4. The van der Waals surface area contributed by atoms with E-state index in [0.717, 1.165) is 11.3 Å². The molecule has 0 saturated carbocycles. The average molecular weight is 292 g/mol. The molecule has 0 atom stereocenters. The van der Waals surface area contributed by atoms with Gasteiger partial charge in [0.05, 0.1) is 5.69 Å². The van der Waals surface area contributed by atoms with Gasteiger partial charge in [-0.2, -0.15) is 0 Å². The molecule has 2 rings (SSSR count). The van der Waals surface area contributed by atoms with Crippen LogP contribution in [0.15, 0.2) is 36.5 Å². The highest BCUT2D eigenvalue weighted by Gasteiger charge is 2.12. The minimum absolute atomic E-state index is 0. The van der Waals surface area contributed by atoms with Gasteiger partial charge in [-0.25, -0.2) is 0 Å². The Balaban J connectivity index is 0.00000200. The van der Waals surface area contributed by atoms with Crippen LogP contribution in [0.3, 0.4) is 0 Å². The van der Waals surface area contributed by atoms with Gasteiger partial charge in [0.15, 0.2) is 0 Å². The van der Waals surface area contributed by atoms with Crippen LogP contribution in [-0.2, 0) is 0 Å². The molecule has 0 aliphatic rings. The van der Waals surface area contributed by atoms with Gasteiger partial charge >= 0.3 is 0 Å². The van der Waals surface area contributed by atoms with Crippen LogP contribution in [-0.4, -0.2) is 15.2 Å². The van der Waals surface area contributed by atoms with Crippen LogP contribution in [0, 0.1) is 0 Å². The zero-order valence-corrected chi connectivity index (χ0v) is 12.3. The quantitative estimate of drug-likeness (QED) is 0.891. The molecule has 2 aromatic rings. The molecule has 1 aromatic heterocycles. The molecular formula is C16H18ClNO2. The molecule has 0 aliphatic heterocycles. The van der Waals surface area contributed by atoms with Crippen molar-refractivity contribution in [1.82, 2.24) is 4.98 Å². The van der Waals surface area contributed by atoms with E-state index in [4.69, 9.17) is 0 Å². The maximum Gasteiger partial charge on any atom is 0.123 e. The van der Waals surface area contributed by atoms with E-state index in [2.05, 4.69) is 4.98 Å². The minimum Gasteiger partial charge on any atom is -0.507 e. The van der Waals surface area contributed by atoms with Crippen molar-refractivity contribution in [2.75, 3.05) is 0 Å². The lowest BCUT2D eigenvalue weighted by molar-refractivity contribution is 0.433. The summed E-state index contributed by atoms with van der Waals surface area (Å²) in [6.07, 6.45) is 5.37. The van der Waals surface area contributed by atoms with Gasteiger partial charge in [-0.1, -0.05) is 26.0 Å². The van der Waals surface area contributed by atoms with Crippen molar-refractivity contribution in [2.24, 2.45) is 0 Å². The summed E-state index contributed by atoms with van der Waals surface area (Å²) in [6.45, 7) is 3.86. The van der Waals surface area contributed by atoms with Crippen molar-refractivity contribution in [3.63, 3.8) is 0 Å². The van der Waals surface area contributed by atoms with Gasteiger partial charge in [0, 0.05) is 11.8 Å². The monoisotopic (exact) mass is 291 g/mol. The Morgan fingerprint density at radius 1 is 1.05 bits per heavy atom. The first kappa shape index (κ1) is 16.1. The first-order valence-electron chi connectivity index (χ1n) is 6.23. The lowest BCUT2D eigenvalue weighted by atomic mass is 9.98. The van der Waals surface area contributed by atoms with E-state index in [1.165, 1.54) is 0 Å². The molecule has 0 spiro atoms. The molecule has 106 valence electrons. The van der Waals surface area contributed by atoms with Gasteiger partial charge in [0.25, 0.3) is 0 Å². The van der Waals surface area contributed by atoms with Gasteiger partial charge in [-0.05, 0) is 41.8 Å². The molecular weight excluding hydrogens is 274 g/mol. The first-order valence-corrected chi connectivity index (χ1v) is 6.23. The number of halogens is 1. The molecule has 20 heavy (non-hydrogen) atoms. The van der Waals surface area contributed by atoms with Gasteiger partial charge < -0.3 is 10.2 Å². The van der Waals surface area contributed by atoms with Crippen LogP contribution in [0.2, 0.25) is 0 Å². The number of aromatic hydroxyl groups is 2. The summed E-state index contributed by atoms with van der Waals surface area (Å²) in [7, 11) is 0. The number of phenols is 2. The molecule has 2 N–H and O–H groups in total. The summed E-state index contributed by atoms with van der Waals surface area (Å²) in [5, 5.41) is 19.9. The lowest BCUT2D eigenvalue weighted by Gasteiger charge is -2.11. The van der Waals surface area contributed by atoms with Crippen molar-refractivity contribution in [3.8, 4) is 11.5 Å². The van der Waals surface area contributed by atoms with Crippen LogP contribution in [0.25, 0.3) is 12.2 Å². The van der Waals surface area contributed by atoms with E-state index in [-0.39, 0.29) is 29.8 Å².